The zero-order chi connectivity index (χ0) is 12.8. The van der Waals surface area contributed by atoms with Crippen molar-refractivity contribution in [2.45, 2.75) is 33.3 Å². The van der Waals surface area contributed by atoms with E-state index < -0.39 is 11.7 Å². The summed E-state index contributed by atoms with van der Waals surface area (Å²) < 4.78 is 5.04. The van der Waals surface area contributed by atoms with E-state index in [9.17, 15) is 9.59 Å². The lowest BCUT2D eigenvalue weighted by Gasteiger charge is -2.14. The maximum Gasteiger partial charge on any atom is 0.422 e. The second kappa shape index (κ2) is 3.58. The Labute approximate surface area is 100 Å². The lowest BCUT2D eigenvalue weighted by atomic mass is 10.1. The van der Waals surface area contributed by atoms with Crippen molar-refractivity contribution in [3.63, 3.8) is 0 Å². The van der Waals surface area contributed by atoms with E-state index in [-0.39, 0.29) is 5.91 Å². The molecular weight excluding hydrogens is 218 g/mol. The molecule has 90 valence electrons. The number of rotatable bonds is 1. The highest BCUT2D eigenvalue weighted by Gasteiger charge is 2.47. The predicted octanol–water partition coefficient (Wildman–Crippen LogP) is 2.57. The molecular formula is C13H15NO3. The van der Waals surface area contributed by atoms with Crippen molar-refractivity contribution in [1.82, 2.24) is 0 Å². The average Bonchev–Trinajstić information content (AvgIpc) is 2.42. The first-order valence-corrected chi connectivity index (χ1v) is 5.48. The van der Waals surface area contributed by atoms with Crippen LogP contribution in [0.2, 0.25) is 0 Å². The fourth-order valence-corrected chi connectivity index (χ4v) is 1.75. The SMILES string of the molecule is Cc1ccc(N2C(=O)OC(C)(C)C2=O)cc1C. The molecule has 1 saturated heterocycles. The van der Waals surface area contributed by atoms with Gasteiger partial charge in [-0.2, -0.15) is 0 Å². The molecule has 1 aliphatic rings. The number of anilines is 1. The molecule has 1 aromatic carbocycles. The number of hydrogen-bond acceptors (Lipinski definition) is 3. The highest BCUT2D eigenvalue weighted by molar-refractivity contribution is 6.19. The van der Waals surface area contributed by atoms with Gasteiger partial charge in [0.2, 0.25) is 0 Å². The van der Waals surface area contributed by atoms with Crippen LogP contribution in [0.15, 0.2) is 18.2 Å². The van der Waals surface area contributed by atoms with Gasteiger partial charge in [-0.25, -0.2) is 9.69 Å². The van der Waals surface area contributed by atoms with Crippen molar-refractivity contribution in [3.05, 3.63) is 29.3 Å². The number of imide groups is 1. The molecule has 4 nitrogen and oxygen atoms in total. The van der Waals surface area contributed by atoms with E-state index in [4.69, 9.17) is 4.74 Å². The molecule has 0 bridgehead atoms. The van der Waals surface area contributed by atoms with Crippen molar-refractivity contribution in [2.24, 2.45) is 0 Å². The second-order valence-electron chi connectivity index (χ2n) is 4.79. The monoisotopic (exact) mass is 233 g/mol. The molecule has 1 fully saturated rings. The molecule has 0 saturated carbocycles. The highest BCUT2D eigenvalue weighted by atomic mass is 16.6. The number of cyclic esters (lactones) is 1. The van der Waals surface area contributed by atoms with Crippen molar-refractivity contribution >= 4 is 17.7 Å². The first-order chi connectivity index (χ1) is 7.83. The fraction of sp³-hybridized carbons (Fsp3) is 0.385. The van der Waals surface area contributed by atoms with Gasteiger partial charge in [0.1, 0.15) is 0 Å². The van der Waals surface area contributed by atoms with Gasteiger partial charge in [0.05, 0.1) is 5.69 Å². The zero-order valence-corrected chi connectivity index (χ0v) is 10.4. The Bertz CT molecular complexity index is 505. The second-order valence-corrected chi connectivity index (χ2v) is 4.79. The molecule has 0 aromatic heterocycles. The number of amides is 2. The molecule has 0 N–H and O–H groups in total. The van der Waals surface area contributed by atoms with Crippen LogP contribution in [0.1, 0.15) is 25.0 Å². The minimum Gasteiger partial charge on any atom is -0.433 e. The van der Waals surface area contributed by atoms with Gasteiger partial charge in [-0.3, -0.25) is 4.79 Å². The third kappa shape index (κ3) is 1.79. The number of carbonyl (C=O) groups is 2. The van der Waals surface area contributed by atoms with E-state index in [0.29, 0.717) is 5.69 Å². The Balaban J connectivity index is 2.44. The number of nitrogens with zero attached hydrogens (tertiary/aromatic N) is 1. The van der Waals surface area contributed by atoms with Crippen LogP contribution in [0.3, 0.4) is 0 Å². The van der Waals surface area contributed by atoms with Crippen LogP contribution >= 0.6 is 0 Å². The van der Waals surface area contributed by atoms with E-state index in [1.54, 1.807) is 19.9 Å². The van der Waals surface area contributed by atoms with Gasteiger partial charge >= 0.3 is 6.09 Å². The summed E-state index contributed by atoms with van der Waals surface area (Å²) in [5.74, 6) is -0.328. The summed E-state index contributed by atoms with van der Waals surface area (Å²) in [7, 11) is 0. The maximum absolute atomic E-state index is 12.0. The fourth-order valence-electron chi connectivity index (χ4n) is 1.75. The number of carbonyl (C=O) groups excluding carboxylic acids is 2. The van der Waals surface area contributed by atoms with E-state index >= 15 is 0 Å². The van der Waals surface area contributed by atoms with Crippen molar-refractivity contribution in [3.8, 4) is 0 Å². The van der Waals surface area contributed by atoms with Crippen LogP contribution in [0.5, 0.6) is 0 Å². The van der Waals surface area contributed by atoms with E-state index in [2.05, 4.69) is 0 Å². The molecule has 0 radical (unpaired) electrons. The minimum atomic E-state index is -1.07. The third-order valence-corrected chi connectivity index (χ3v) is 2.99. The Morgan fingerprint density at radius 2 is 1.76 bits per heavy atom. The summed E-state index contributed by atoms with van der Waals surface area (Å²) in [5, 5.41) is 0. The summed E-state index contributed by atoms with van der Waals surface area (Å²) in [6.07, 6.45) is -0.608. The van der Waals surface area contributed by atoms with E-state index in [0.717, 1.165) is 16.0 Å². The number of aryl methyl sites for hydroxylation is 2. The molecule has 2 amide bonds. The number of benzene rings is 1. The van der Waals surface area contributed by atoms with Crippen LogP contribution in [0.4, 0.5) is 10.5 Å². The van der Waals surface area contributed by atoms with Gasteiger partial charge in [0.15, 0.2) is 5.60 Å². The molecule has 17 heavy (non-hydrogen) atoms. The Morgan fingerprint density at radius 1 is 1.12 bits per heavy atom. The average molecular weight is 233 g/mol. The quantitative estimate of drug-likeness (QED) is 0.749. The van der Waals surface area contributed by atoms with Gasteiger partial charge in [-0.05, 0) is 51.0 Å². The number of ether oxygens (including phenoxy) is 1. The van der Waals surface area contributed by atoms with Crippen molar-refractivity contribution < 1.29 is 14.3 Å². The van der Waals surface area contributed by atoms with Gasteiger partial charge in [-0.1, -0.05) is 6.07 Å². The van der Waals surface area contributed by atoms with Crippen LogP contribution in [0, 0.1) is 13.8 Å². The van der Waals surface area contributed by atoms with E-state index in [1.807, 2.05) is 26.0 Å². The van der Waals surface area contributed by atoms with Crippen LogP contribution in [-0.2, 0) is 9.53 Å². The summed E-state index contributed by atoms with van der Waals surface area (Å²) in [6.45, 7) is 7.10. The topological polar surface area (TPSA) is 46.6 Å². The Hall–Kier alpha value is -1.84. The molecule has 1 heterocycles. The highest BCUT2D eigenvalue weighted by Crippen LogP contribution is 2.29. The minimum absolute atomic E-state index is 0.328. The third-order valence-electron chi connectivity index (χ3n) is 2.99. The van der Waals surface area contributed by atoms with Crippen molar-refractivity contribution in [2.75, 3.05) is 4.90 Å². The van der Waals surface area contributed by atoms with Gasteiger partial charge in [0, 0.05) is 0 Å². The zero-order valence-electron chi connectivity index (χ0n) is 10.4. The molecule has 1 aliphatic heterocycles. The molecule has 0 unspecified atom stereocenters. The summed E-state index contributed by atoms with van der Waals surface area (Å²) in [6, 6.07) is 5.45. The van der Waals surface area contributed by atoms with E-state index in [1.165, 1.54) is 0 Å². The lowest BCUT2D eigenvalue weighted by Crippen LogP contribution is -2.36. The lowest BCUT2D eigenvalue weighted by molar-refractivity contribution is -0.127. The first-order valence-electron chi connectivity index (χ1n) is 5.48. The summed E-state index contributed by atoms with van der Waals surface area (Å²) >= 11 is 0. The Kier molecular flexibility index (Phi) is 2.45. The summed E-state index contributed by atoms with van der Waals surface area (Å²) in [5.41, 5.74) is 1.64. The predicted molar refractivity (Wildman–Crippen MR) is 64.0 cm³/mol. The largest absolute Gasteiger partial charge is 0.433 e. The van der Waals surface area contributed by atoms with Gasteiger partial charge in [0.25, 0.3) is 5.91 Å². The molecule has 1 aromatic rings. The van der Waals surface area contributed by atoms with Crippen LogP contribution < -0.4 is 4.90 Å². The smallest absolute Gasteiger partial charge is 0.422 e. The van der Waals surface area contributed by atoms with Crippen molar-refractivity contribution in [1.29, 1.82) is 0 Å². The van der Waals surface area contributed by atoms with Gasteiger partial charge < -0.3 is 4.74 Å². The molecule has 2 rings (SSSR count). The number of hydrogen-bond donors (Lipinski definition) is 0. The molecule has 0 spiro atoms. The normalized spacial score (nSPS) is 18.5. The first kappa shape index (κ1) is 11.6. The van der Waals surface area contributed by atoms with Crippen LogP contribution in [0.25, 0.3) is 0 Å². The Morgan fingerprint density at radius 3 is 2.24 bits per heavy atom. The maximum atomic E-state index is 12.0. The molecule has 0 aliphatic carbocycles. The van der Waals surface area contributed by atoms with Crippen LogP contribution in [-0.4, -0.2) is 17.6 Å². The summed E-state index contributed by atoms with van der Waals surface area (Å²) in [4.78, 5) is 24.8. The molecule has 0 atom stereocenters. The standard InChI is InChI=1S/C13H15NO3/c1-8-5-6-10(7-9(8)2)14-11(15)13(3,4)17-12(14)16/h5-7H,1-4H3. The molecule has 4 heteroatoms. The van der Waals surface area contributed by atoms with Gasteiger partial charge in [-0.15, -0.1) is 0 Å².